The number of carbonyl (C=O) groups excluding carboxylic acids is 1. The van der Waals surface area contributed by atoms with Gasteiger partial charge in [0.15, 0.2) is 0 Å². The highest BCUT2D eigenvalue weighted by atomic mass is 16.5. The molecular weight excluding hydrogens is 216 g/mol. The molecule has 1 saturated heterocycles. The van der Waals surface area contributed by atoms with Crippen LogP contribution in [0.2, 0.25) is 0 Å². The molecule has 1 amide bonds. The lowest BCUT2D eigenvalue weighted by atomic mass is 10.1. The molecule has 0 aromatic carbocycles. The third kappa shape index (κ3) is 6.03. The Morgan fingerprint density at radius 2 is 2.06 bits per heavy atom. The van der Waals surface area contributed by atoms with E-state index in [1.165, 1.54) is 0 Å². The molecule has 0 bridgehead atoms. The molecule has 0 radical (unpaired) electrons. The lowest BCUT2D eigenvalue weighted by molar-refractivity contribution is -0.120. The average Bonchev–Trinajstić information content (AvgIpc) is 2.30. The van der Waals surface area contributed by atoms with E-state index in [9.17, 15) is 4.79 Å². The average molecular weight is 242 g/mol. The third-order valence-corrected chi connectivity index (χ3v) is 3.07. The molecule has 4 heteroatoms. The Kier molecular flexibility index (Phi) is 6.52. The van der Waals surface area contributed by atoms with E-state index in [1.807, 2.05) is 6.92 Å². The van der Waals surface area contributed by atoms with Gasteiger partial charge in [-0.25, -0.2) is 0 Å². The number of carbonyl (C=O) groups is 1. The van der Waals surface area contributed by atoms with Crippen LogP contribution < -0.4 is 5.32 Å². The highest BCUT2D eigenvalue weighted by Gasteiger charge is 2.19. The number of amides is 1. The lowest BCUT2D eigenvalue weighted by Gasteiger charge is -2.32. The molecule has 4 nitrogen and oxygen atoms in total. The molecule has 0 aromatic rings. The molecule has 1 fully saturated rings. The number of nitrogens with one attached hydrogen (secondary N) is 1. The van der Waals surface area contributed by atoms with Crippen LogP contribution in [0.1, 0.15) is 40.0 Å². The zero-order chi connectivity index (χ0) is 12.7. The van der Waals surface area contributed by atoms with Crippen LogP contribution in [-0.4, -0.2) is 49.2 Å². The van der Waals surface area contributed by atoms with Crippen LogP contribution in [0.3, 0.4) is 0 Å². The molecule has 0 unspecified atom stereocenters. The minimum Gasteiger partial charge on any atom is -0.375 e. The quantitative estimate of drug-likeness (QED) is 0.765. The van der Waals surface area contributed by atoms with Crippen molar-refractivity contribution in [3.63, 3.8) is 0 Å². The van der Waals surface area contributed by atoms with Gasteiger partial charge in [0.2, 0.25) is 5.91 Å². The van der Waals surface area contributed by atoms with Gasteiger partial charge in [-0.15, -0.1) is 0 Å². The molecular formula is C13H26N2O2. The first-order valence-electron chi connectivity index (χ1n) is 6.76. The first-order chi connectivity index (χ1) is 8.11. The summed E-state index contributed by atoms with van der Waals surface area (Å²) in [5, 5.41) is 2.91. The predicted molar refractivity (Wildman–Crippen MR) is 69.0 cm³/mol. The number of hydrogen-bond acceptors (Lipinski definition) is 3. The van der Waals surface area contributed by atoms with Crippen molar-refractivity contribution in [1.29, 1.82) is 0 Å². The summed E-state index contributed by atoms with van der Waals surface area (Å²) >= 11 is 0. The zero-order valence-electron chi connectivity index (χ0n) is 11.4. The topological polar surface area (TPSA) is 41.6 Å². The largest absolute Gasteiger partial charge is 0.375 e. The van der Waals surface area contributed by atoms with Crippen LogP contribution in [0, 0.1) is 0 Å². The van der Waals surface area contributed by atoms with E-state index in [-0.39, 0.29) is 5.91 Å². The minimum atomic E-state index is 0.142. The second-order valence-corrected chi connectivity index (χ2v) is 4.93. The molecule has 0 aliphatic carbocycles. The van der Waals surface area contributed by atoms with Gasteiger partial charge in [-0.3, -0.25) is 4.79 Å². The Balaban J connectivity index is 2.08. The highest BCUT2D eigenvalue weighted by molar-refractivity contribution is 5.75. The van der Waals surface area contributed by atoms with Crippen LogP contribution in [0.4, 0.5) is 0 Å². The minimum absolute atomic E-state index is 0.142. The SMILES string of the molecule is CCC(=O)NCCN1CCC(OC(C)C)CC1. The van der Waals surface area contributed by atoms with Crippen molar-refractivity contribution >= 4 is 5.91 Å². The first-order valence-corrected chi connectivity index (χ1v) is 6.76. The van der Waals surface area contributed by atoms with Crippen LogP contribution in [-0.2, 0) is 9.53 Å². The van der Waals surface area contributed by atoms with Crippen LogP contribution >= 0.6 is 0 Å². The molecule has 1 rings (SSSR count). The summed E-state index contributed by atoms with van der Waals surface area (Å²) in [5.41, 5.74) is 0. The molecule has 1 aliphatic heterocycles. The van der Waals surface area contributed by atoms with E-state index in [4.69, 9.17) is 4.74 Å². The standard InChI is InChI=1S/C13H26N2O2/c1-4-13(16)14-7-10-15-8-5-12(6-9-15)17-11(2)3/h11-12H,4-10H2,1-3H3,(H,14,16). The monoisotopic (exact) mass is 242 g/mol. The van der Waals surface area contributed by atoms with Gasteiger partial charge in [-0.1, -0.05) is 6.92 Å². The molecule has 1 N–H and O–H groups in total. The number of rotatable bonds is 6. The Bertz CT molecular complexity index is 223. The van der Waals surface area contributed by atoms with Crippen molar-refractivity contribution in [2.75, 3.05) is 26.2 Å². The molecule has 0 spiro atoms. The smallest absolute Gasteiger partial charge is 0.219 e. The second-order valence-electron chi connectivity index (χ2n) is 4.93. The summed E-state index contributed by atoms with van der Waals surface area (Å²) in [6.07, 6.45) is 3.55. The van der Waals surface area contributed by atoms with Crippen molar-refractivity contribution in [2.45, 2.75) is 52.2 Å². The summed E-state index contributed by atoms with van der Waals surface area (Å²) in [6, 6.07) is 0. The Hall–Kier alpha value is -0.610. The fourth-order valence-corrected chi connectivity index (χ4v) is 2.13. The summed E-state index contributed by atoms with van der Waals surface area (Å²) in [6.45, 7) is 9.95. The fraction of sp³-hybridized carbons (Fsp3) is 0.923. The van der Waals surface area contributed by atoms with Gasteiger partial charge in [-0.05, 0) is 26.7 Å². The highest BCUT2D eigenvalue weighted by Crippen LogP contribution is 2.14. The maximum absolute atomic E-state index is 11.1. The summed E-state index contributed by atoms with van der Waals surface area (Å²) < 4.78 is 5.80. The number of nitrogens with zero attached hydrogens (tertiary/aromatic N) is 1. The van der Waals surface area contributed by atoms with E-state index in [2.05, 4.69) is 24.1 Å². The van der Waals surface area contributed by atoms with Gasteiger partial charge in [-0.2, -0.15) is 0 Å². The Labute approximate surface area is 105 Å². The zero-order valence-corrected chi connectivity index (χ0v) is 11.4. The summed E-state index contributed by atoms with van der Waals surface area (Å²) in [7, 11) is 0. The van der Waals surface area contributed by atoms with E-state index in [1.54, 1.807) is 0 Å². The van der Waals surface area contributed by atoms with Crippen molar-refractivity contribution in [1.82, 2.24) is 10.2 Å². The normalized spacial score (nSPS) is 18.6. The summed E-state index contributed by atoms with van der Waals surface area (Å²) in [5.74, 6) is 0.142. The predicted octanol–water partition coefficient (Wildman–Crippen LogP) is 1.40. The number of likely N-dealkylation sites (tertiary alicyclic amines) is 1. The summed E-state index contributed by atoms with van der Waals surface area (Å²) in [4.78, 5) is 13.5. The molecule has 17 heavy (non-hydrogen) atoms. The number of piperidine rings is 1. The fourth-order valence-electron chi connectivity index (χ4n) is 2.13. The molecule has 1 aliphatic rings. The maximum Gasteiger partial charge on any atom is 0.219 e. The van der Waals surface area contributed by atoms with E-state index in [0.717, 1.165) is 39.0 Å². The number of hydrogen-bond donors (Lipinski definition) is 1. The van der Waals surface area contributed by atoms with E-state index >= 15 is 0 Å². The first kappa shape index (κ1) is 14.5. The van der Waals surface area contributed by atoms with Crippen LogP contribution in [0.5, 0.6) is 0 Å². The molecule has 0 saturated carbocycles. The Morgan fingerprint density at radius 1 is 1.41 bits per heavy atom. The van der Waals surface area contributed by atoms with Gasteiger partial charge in [0.1, 0.15) is 0 Å². The van der Waals surface area contributed by atoms with Crippen molar-refractivity contribution in [3.05, 3.63) is 0 Å². The molecule has 100 valence electrons. The van der Waals surface area contributed by atoms with Gasteiger partial charge in [0.05, 0.1) is 12.2 Å². The number of ether oxygens (including phenoxy) is 1. The van der Waals surface area contributed by atoms with Gasteiger partial charge in [0.25, 0.3) is 0 Å². The third-order valence-electron chi connectivity index (χ3n) is 3.07. The van der Waals surface area contributed by atoms with Crippen molar-refractivity contribution in [2.24, 2.45) is 0 Å². The Morgan fingerprint density at radius 3 is 2.59 bits per heavy atom. The van der Waals surface area contributed by atoms with Gasteiger partial charge in [0, 0.05) is 32.6 Å². The molecule has 0 aromatic heterocycles. The van der Waals surface area contributed by atoms with Gasteiger partial charge >= 0.3 is 0 Å². The molecule has 1 heterocycles. The molecule has 0 atom stereocenters. The van der Waals surface area contributed by atoms with E-state index < -0.39 is 0 Å². The van der Waals surface area contributed by atoms with E-state index in [0.29, 0.717) is 18.6 Å². The van der Waals surface area contributed by atoms with Crippen LogP contribution in [0.15, 0.2) is 0 Å². The van der Waals surface area contributed by atoms with Crippen molar-refractivity contribution < 1.29 is 9.53 Å². The van der Waals surface area contributed by atoms with Gasteiger partial charge < -0.3 is 15.0 Å². The second kappa shape index (κ2) is 7.67. The van der Waals surface area contributed by atoms with Crippen LogP contribution in [0.25, 0.3) is 0 Å². The maximum atomic E-state index is 11.1. The van der Waals surface area contributed by atoms with Crippen molar-refractivity contribution in [3.8, 4) is 0 Å². The lowest BCUT2D eigenvalue weighted by Crippen LogP contribution is -2.41.